The second-order valence-corrected chi connectivity index (χ2v) is 3.22. The molecule has 0 rings (SSSR count). The van der Waals surface area contributed by atoms with Crippen LogP contribution in [0.5, 0.6) is 0 Å². The van der Waals surface area contributed by atoms with Gasteiger partial charge in [-0.05, 0) is 19.4 Å². The van der Waals surface area contributed by atoms with Gasteiger partial charge in [-0.3, -0.25) is 0 Å². The molecule has 4 heteroatoms. The van der Waals surface area contributed by atoms with Crippen LogP contribution in [0.25, 0.3) is 0 Å². The van der Waals surface area contributed by atoms with Crippen molar-refractivity contribution in [3.63, 3.8) is 0 Å². The molecule has 0 aromatic heterocycles. The zero-order valence-corrected chi connectivity index (χ0v) is 8.90. The van der Waals surface area contributed by atoms with Gasteiger partial charge in [0.2, 0.25) is 5.83 Å². The number of rotatable bonds is 2. The van der Waals surface area contributed by atoms with Gasteiger partial charge in [0.05, 0.1) is 5.83 Å². The van der Waals surface area contributed by atoms with E-state index < -0.39 is 11.8 Å². The van der Waals surface area contributed by atoms with Crippen molar-refractivity contribution in [2.24, 2.45) is 5.92 Å². The number of carboxylic acid groups (broad SMARTS) is 1. The van der Waals surface area contributed by atoms with Crippen molar-refractivity contribution in [1.82, 2.24) is 0 Å². The Bertz CT molecular complexity index is 239. The van der Waals surface area contributed by atoms with Crippen LogP contribution in [0.1, 0.15) is 27.7 Å². The van der Waals surface area contributed by atoms with E-state index in [0.29, 0.717) is 0 Å². The van der Waals surface area contributed by atoms with E-state index in [-0.39, 0.29) is 17.3 Å². The van der Waals surface area contributed by atoms with Crippen LogP contribution in [0.15, 0.2) is 23.8 Å². The Kier molecular flexibility index (Phi) is 7.90. The highest BCUT2D eigenvalue weighted by atomic mass is 19.1. The van der Waals surface area contributed by atoms with Crippen LogP contribution < -0.4 is 0 Å². The molecule has 0 unspecified atom stereocenters. The summed E-state index contributed by atoms with van der Waals surface area (Å²) in [6, 6.07) is 0. The van der Waals surface area contributed by atoms with Gasteiger partial charge in [0.1, 0.15) is 0 Å². The predicted octanol–water partition coefficient (Wildman–Crippen LogP) is 3.46. The van der Waals surface area contributed by atoms with Crippen LogP contribution in [0, 0.1) is 5.92 Å². The number of halogens is 2. The average Bonchev–Trinajstić information content (AvgIpc) is 2.03. The molecular formula is C10H16F2O2. The third-order valence-electron chi connectivity index (χ3n) is 1.25. The first-order valence-corrected chi connectivity index (χ1v) is 4.10. The van der Waals surface area contributed by atoms with E-state index in [2.05, 4.69) is 6.58 Å². The SMILES string of the molecule is C=C(F)C(C)C.CC(C)=C(F)C(=O)O. The van der Waals surface area contributed by atoms with Crippen molar-refractivity contribution in [3.8, 4) is 0 Å². The smallest absolute Gasteiger partial charge is 0.364 e. The molecule has 0 aromatic carbocycles. The zero-order chi connectivity index (χ0) is 11.9. The summed E-state index contributed by atoms with van der Waals surface area (Å²) in [6.45, 7) is 9.43. The van der Waals surface area contributed by atoms with E-state index in [0.717, 1.165) is 0 Å². The van der Waals surface area contributed by atoms with Crippen LogP contribution >= 0.6 is 0 Å². The van der Waals surface area contributed by atoms with Crippen LogP contribution in [0.2, 0.25) is 0 Å². The van der Waals surface area contributed by atoms with Crippen molar-refractivity contribution in [1.29, 1.82) is 0 Å². The Balaban J connectivity index is 0. The average molecular weight is 206 g/mol. The van der Waals surface area contributed by atoms with Gasteiger partial charge in [-0.2, -0.15) is 4.39 Å². The summed E-state index contributed by atoms with van der Waals surface area (Å²) in [5, 5.41) is 7.92. The second kappa shape index (κ2) is 7.24. The highest BCUT2D eigenvalue weighted by Crippen LogP contribution is 2.05. The Morgan fingerprint density at radius 2 is 1.57 bits per heavy atom. The molecule has 0 spiro atoms. The lowest BCUT2D eigenvalue weighted by Gasteiger charge is -1.92. The van der Waals surface area contributed by atoms with Gasteiger partial charge < -0.3 is 5.11 Å². The third-order valence-corrected chi connectivity index (χ3v) is 1.25. The van der Waals surface area contributed by atoms with Crippen molar-refractivity contribution in [2.45, 2.75) is 27.7 Å². The zero-order valence-electron chi connectivity index (χ0n) is 8.90. The predicted molar refractivity (Wildman–Crippen MR) is 52.2 cm³/mol. The fraction of sp³-hybridized carbons (Fsp3) is 0.500. The van der Waals surface area contributed by atoms with Crippen molar-refractivity contribution < 1.29 is 18.7 Å². The maximum absolute atomic E-state index is 11.9. The van der Waals surface area contributed by atoms with Gasteiger partial charge in [-0.15, -0.1) is 0 Å². The molecule has 82 valence electrons. The number of allylic oxidation sites excluding steroid dienone is 2. The fourth-order valence-electron chi connectivity index (χ4n) is 0.214. The molecule has 0 amide bonds. The first-order chi connectivity index (χ1) is 6.20. The molecule has 0 aliphatic heterocycles. The molecule has 14 heavy (non-hydrogen) atoms. The molecule has 0 heterocycles. The Labute approximate surface area is 82.9 Å². The van der Waals surface area contributed by atoms with Crippen molar-refractivity contribution >= 4 is 5.97 Å². The standard InChI is InChI=1S/C5H7FO2.C5H9F/c1-3(2)4(6)5(7)8;1-4(2)5(3)6/h1-2H3,(H,7,8);4H,3H2,1-2H3. The van der Waals surface area contributed by atoms with Gasteiger partial charge in [0.15, 0.2) is 0 Å². The van der Waals surface area contributed by atoms with E-state index >= 15 is 0 Å². The molecule has 0 fully saturated rings. The van der Waals surface area contributed by atoms with Crippen molar-refractivity contribution in [3.05, 3.63) is 23.8 Å². The van der Waals surface area contributed by atoms with Crippen LogP contribution in [-0.2, 0) is 4.79 Å². The lowest BCUT2D eigenvalue weighted by atomic mass is 10.2. The molecule has 1 N–H and O–H groups in total. The molecule has 0 aromatic rings. The molecule has 0 saturated heterocycles. The molecule has 0 radical (unpaired) electrons. The van der Waals surface area contributed by atoms with E-state index in [1.807, 2.05) is 0 Å². The van der Waals surface area contributed by atoms with Gasteiger partial charge in [-0.25, -0.2) is 9.18 Å². The van der Waals surface area contributed by atoms with E-state index in [9.17, 15) is 13.6 Å². The van der Waals surface area contributed by atoms with E-state index in [1.165, 1.54) is 13.8 Å². The number of hydrogen-bond acceptors (Lipinski definition) is 1. The fourth-order valence-corrected chi connectivity index (χ4v) is 0.214. The maximum Gasteiger partial charge on any atom is 0.364 e. The van der Waals surface area contributed by atoms with Crippen LogP contribution in [-0.4, -0.2) is 11.1 Å². The molecule has 0 bridgehead atoms. The summed E-state index contributed by atoms with van der Waals surface area (Å²) >= 11 is 0. The normalized spacial score (nSPS) is 8.79. The molecule has 2 nitrogen and oxygen atoms in total. The minimum absolute atomic E-state index is 0.00926. The first-order valence-electron chi connectivity index (χ1n) is 4.10. The summed E-state index contributed by atoms with van der Waals surface area (Å²) < 4.78 is 23.6. The number of aliphatic carboxylic acids is 1. The molecule has 0 aliphatic rings. The minimum Gasteiger partial charge on any atom is -0.476 e. The second-order valence-electron chi connectivity index (χ2n) is 3.22. The van der Waals surface area contributed by atoms with Crippen molar-refractivity contribution in [2.75, 3.05) is 0 Å². The lowest BCUT2D eigenvalue weighted by molar-refractivity contribution is -0.134. The topological polar surface area (TPSA) is 37.3 Å². The van der Waals surface area contributed by atoms with Gasteiger partial charge in [-0.1, -0.05) is 20.4 Å². The summed E-state index contributed by atoms with van der Waals surface area (Å²) in [4.78, 5) is 9.71. The minimum atomic E-state index is -1.50. The summed E-state index contributed by atoms with van der Waals surface area (Å²) in [5.74, 6) is -2.81. The summed E-state index contributed by atoms with van der Waals surface area (Å²) in [7, 11) is 0. The maximum atomic E-state index is 11.9. The molecule has 0 atom stereocenters. The van der Waals surface area contributed by atoms with Gasteiger partial charge in [0.25, 0.3) is 0 Å². The van der Waals surface area contributed by atoms with Gasteiger partial charge >= 0.3 is 5.97 Å². The quantitative estimate of drug-likeness (QED) is 0.702. The Morgan fingerprint density at radius 3 is 1.57 bits per heavy atom. The van der Waals surface area contributed by atoms with E-state index in [4.69, 9.17) is 5.11 Å². The summed E-state index contributed by atoms with van der Waals surface area (Å²) in [6.07, 6.45) is 0. The third kappa shape index (κ3) is 8.90. The lowest BCUT2D eigenvalue weighted by Crippen LogP contribution is -1.95. The van der Waals surface area contributed by atoms with Crippen LogP contribution in [0.4, 0.5) is 8.78 Å². The van der Waals surface area contributed by atoms with E-state index in [1.54, 1.807) is 13.8 Å². The van der Waals surface area contributed by atoms with Gasteiger partial charge in [0, 0.05) is 5.92 Å². The number of carbonyl (C=O) groups is 1. The Hall–Kier alpha value is -1.19. The highest BCUT2D eigenvalue weighted by Gasteiger charge is 2.05. The molecular weight excluding hydrogens is 190 g/mol. The number of carboxylic acids is 1. The highest BCUT2D eigenvalue weighted by molar-refractivity contribution is 5.84. The number of hydrogen-bond donors (Lipinski definition) is 1. The first kappa shape index (κ1) is 15.3. The summed E-state index contributed by atoms with van der Waals surface area (Å²) in [5.41, 5.74) is 0.192. The largest absolute Gasteiger partial charge is 0.476 e. The molecule has 0 saturated carbocycles. The molecule has 0 aliphatic carbocycles. The van der Waals surface area contributed by atoms with Crippen LogP contribution in [0.3, 0.4) is 0 Å². The monoisotopic (exact) mass is 206 g/mol. The Morgan fingerprint density at radius 1 is 1.29 bits per heavy atom.